The number of ether oxygens (including phenoxy) is 1. The standard InChI is InChI=1S/C17H21NO4S/c1-23(19,20)15-4-2-13(3-5-15)11-22-17-10-18-8-6-16(17)14-7-9-21-12-14/h2-5,7,9,12,16-18H,6,8,10-11H2,1H3. The lowest BCUT2D eigenvalue weighted by molar-refractivity contribution is 0.0105. The molecule has 2 unspecified atom stereocenters. The van der Waals surface area contributed by atoms with Gasteiger partial charge in [-0.15, -0.1) is 0 Å². The third-order valence-electron chi connectivity index (χ3n) is 4.21. The number of hydrogen-bond donors (Lipinski definition) is 1. The fourth-order valence-corrected chi connectivity index (χ4v) is 3.54. The van der Waals surface area contributed by atoms with Gasteiger partial charge in [0.1, 0.15) is 0 Å². The summed E-state index contributed by atoms with van der Waals surface area (Å²) in [5.74, 6) is 0.324. The second kappa shape index (κ2) is 6.86. The summed E-state index contributed by atoms with van der Waals surface area (Å²) in [7, 11) is -3.15. The van der Waals surface area contributed by atoms with Crippen LogP contribution in [-0.2, 0) is 21.2 Å². The number of furan rings is 1. The van der Waals surface area contributed by atoms with Gasteiger partial charge in [0, 0.05) is 18.7 Å². The predicted molar refractivity (Wildman–Crippen MR) is 87.1 cm³/mol. The first-order chi connectivity index (χ1) is 11.0. The molecule has 3 rings (SSSR count). The van der Waals surface area contributed by atoms with Crippen LogP contribution in [-0.4, -0.2) is 33.9 Å². The van der Waals surface area contributed by atoms with E-state index in [1.807, 2.05) is 6.07 Å². The summed E-state index contributed by atoms with van der Waals surface area (Å²) in [4.78, 5) is 0.330. The Morgan fingerprint density at radius 2 is 2.04 bits per heavy atom. The Bertz CT molecular complexity index is 722. The zero-order chi connectivity index (χ0) is 16.3. The molecule has 1 aromatic carbocycles. The first-order valence-corrected chi connectivity index (χ1v) is 9.56. The minimum atomic E-state index is -3.15. The van der Waals surface area contributed by atoms with E-state index in [9.17, 15) is 8.42 Å². The lowest BCUT2D eigenvalue weighted by atomic mass is 9.89. The largest absolute Gasteiger partial charge is 0.472 e. The Kier molecular flexibility index (Phi) is 4.84. The quantitative estimate of drug-likeness (QED) is 0.908. The number of rotatable bonds is 5. The van der Waals surface area contributed by atoms with Crippen LogP contribution >= 0.6 is 0 Å². The van der Waals surface area contributed by atoms with Gasteiger partial charge in [-0.3, -0.25) is 0 Å². The third kappa shape index (κ3) is 4.02. The lowest BCUT2D eigenvalue weighted by Gasteiger charge is -2.31. The minimum Gasteiger partial charge on any atom is -0.472 e. The van der Waals surface area contributed by atoms with Crippen molar-refractivity contribution in [3.8, 4) is 0 Å². The molecule has 2 atom stereocenters. The molecule has 0 aliphatic carbocycles. The van der Waals surface area contributed by atoms with E-state index in [4.69, 9.17) is 9.15 Å². The van der Waals surface area contributed by atoms with Crippen LogP contribution in [0.4, 0.5) is 0 Å². The summed E-state index contributed by atoms with van der Waals surface area (Å²) >= 11 is 0. The molecular weight excluding hydrogens is 314 g/mol. The first-order valence-electron chi connectivity index (χ1n) is 7.67. The molecule has 1 N–H and O–H groups in total. The van der Waals surface area contributed by atoms with Crippen LogP contribution in [0.25, 0.3) is 0 Å². The maximum atomic E-state index is 11.5. The summed E-state index contributed by atoms with van der Waals surface area (Å²) in [6.07, 6.45) is 5.78. The van der Waals surface area contributed by atoms with Gasteiger partial charge in [-0.05, 0) is 42.3 Å². The number of hydrogen-bond acceptors (Lipinski definition) is 5. The Balaban J connectivity index is 1.64. The smallest absolute Gasteiger partial charge is 0.175 e. The molecule has 5 nitrogen and oxygen atoms in total. The molecule has 1 fully saturated rings. The molecule has 23 heavy (non-hydrogen) atoms. The Hall–Kier alpha value is -1.63. The zero-order valence-electron chi connectivity index (χ0n) is 13.1. The fraction of sp³-hybridized carbons (Fsp3) is 0.412. The lowest BCUT2D eigenvalue weighted by Crippen LogP contribution is -2.40. The van der Waals surface area contributed by atoms with E-state index in [2.05, 4.69) is 5.32 Å². The first kappa shape index (κ1) is 16.2. The van der Waals surface area contributed by atoms with Gasteiger partial charge in [0.2, 0.25) is 0 Å². The summed E-state index contributed by atoms with van der Waals surface area (Å²) in [5.41, 5.74) is 2.14. The average molecular weight is 335 g/mol. The number of piperidine rings is 1. The molecular formula is C17H21NO4S. The van der Waals surface area contributed by atoms with Crippen molar-refractivity contribution in [2.75, 3.05) is 19.3 Å². The highest BCUT2D eigenvalue weighted by Gasteiger charge is 2.27. The summed E-state index contributed by atoms with van der Waals surface area (Å²) in [6, 6.07) is 8.85. The highest BCUT2D eigenvalue weighted by atomic mass is 32.2. The molecule has 6 heteroatoms. The topological polar surface area (TPSA) is 68.5 Å². The molecule has 1 saturated heterocycles. The molecule has 0 bridgehead atoms. The van der Waals surface area contributed by atoms with E-state index in [1.54, 1.807) is 36.8 Å². The highest BCUT2D eigenvalue weighted by Crippen LogP contribution is 2.28. The van der Waals surface area contributed by atoms with Gasteiger partial charge < -0.3 is 14.5 Å². The van der Waals surface area contributed by atoms with E-state index in [0.29, 0.717) is 17.4 Å². The van der Waals surface area contributed by atoms with Crippen LogP contribution in [0.1, 0.15) is 23.5 Å². The van der Waals surface area contributed by atoms with Crippen molar-refractivity contribution in [1.29, 1.82) is 0 Å². The highest BCUT2D eigenvalue weighted by molar-refractivity contribution is 7.90. The molecule has 0 spiro atoms. The molecule has 2 heterocycles. The van der Waals surface area contributed by atoms with Gasteiger partial charge in [0.05, 0.1) is 30.1 Å². The van der Waals surface area contributed by atoms with Crippen LogP contribution in [0.5, 0.6) is 0 Å². The van der Waals surface area contributed by atoms with E-state index >= 15 is 0 Å². The molecule has 1 aromatic heterocycles. The summed E-state index contributed by atoms with van der Waals surface area (Å²) < 4.78 is 34.2. The van der Waals surface area contributed by atoms with Crippen LogP contribution in [0.15, 0.2) is 52.2 Å². The maximum Gasteiger partial charge on any atom is 0.175 e. The summed E-state index contributed by atoms with van der Waals surface area (Å²) in [6.45, 7) is 2.24. The van der Waals surface area contributed by atoms with Crippen molar-refractivity contribution in [2.45, 2.75) is 29.9 Å². The van der Waals surface area contributed by atoms with Gasteiger partial charge in [-0.25, -0.2) is 8.42 Å². The van der Waals surface area contributed by atoms with Crippen LogP contribution in [0.2, 0.25) is 0 Å². The zero-order valence-corrected chi connectivity index (χ0v) is 13.9. The van der Waals surface area contributed by atoms with Crippen LogP contribution in [0, 0.1) is 0 Å². The minimum absolute atomic E-state index is 0.0796. The second-order valence-electron chi connectivity index (χ2n) is 5.92. The van der Waals surface area contributed by atoms with Crippen molar-refractivity contribution in [1.82, 2.24) is 5.32 Å². The molecule has 0 saturated carbocycles. The maximum absolute atomic E-state index is 11.5. The van der Waals surface area contributed by atoms with E-state index < -0.39 is 9.84 Å². The number of benzene rings is 1. The van der Waals surface area contributed by atoms with Crippen LogP contribution < -0.4 is 5.32 Å². The SMILES string of the molecule is CS(=O)(=O)c1ccc(COC2CNCCC2c2ccoc2)cc1. The van der Waals surface area contributed by atoms with E-state index in [-0.39, 0.29) is 6.10 Å². The van der Waals surface area contributed by atoms with Gasteiger partial charge in [0.25, 0.3) is 0 Å². The van der Waals surface area contributed by atoms with Gasteiger partial charge in [0.15, 0.2) is 9.84 Å². The molecule has 1 aliphatic rings. The molecule has 1 aliphatic heterocycles. The molecule has 0 radical (unpaired) electrons. The number of nitrogens with one attached hydrogen (secondary N) is 1. The predicted octanol–water partition coefficient (Wildman–Crippen LogP) is 2.35. The molecule has 0 amide bonds. The molecule has 2 aromatic rings. The van der Waals surface area contributed by atoms with E-state index in [0.717, 1.165) is 25.1 Å². The Morgan fingerprint density at radius 1 is 1.26 bits per heavy atom. The number of sulfone groups is 1. The van der Waals surface area contributed by atoms with Crippen molar-refractivity contribution in [2.24, 2.45) is 0 Å². The van der Waals surface area contributed by atoms with Crippen molar-refractivity contribution < 1.29 is 17.6 Å². The fourth-order valence-electron chi connectivity index (χ4n) is 2.91. The van der Waals surface area contributed by atoms with Crippen molar-refractivity contribution >= 4 is 9.84 Å². The van der Waals surface area contributed by atoms with Crippen LogP contribution in [0.3, 0.4) is 0 Å². The second-order valence-corrected chi connectivity index (χ2v) is 7.94. The average Bonchev–Trinajstić information content (AvgIpc) is 3.07. The normalized spacial score (nSPS) is 22.1. The monoisotopic (exact) mass is 335 g/mol. The van der Waals surface area contributed by atoms with Crippen molar-refractivity contribution in [3.63, 3.8) is 0 Å². The van der Waals surface area contributed by atoms with Gasteiger partial charge in [-0.1, -0.05) is 12.1 Å². The van der Waals surface area contributed by atoms with E-state index in [1.165, 1.54) is 11.8 Å². The summed E-state index contributed by atoms with van der Waals surface area (Å²) in [5, 5.41) is 3.36. The Morgan fingerprint density at radius 3 is 2.70 bits per heavy atom. The van der Waals surface area contributed by atoms with Gasteiger partial charge in [-0.2, -0.15) is 0 Å². The van der Waals surface area contributed by atoms with Crippen molar-refractivity contribution in [3.05, 3.63) is 54.0 Å². The Labute approximate surface area is 136 Å². The molecule has 124 valence electrons. The third-order valence-corrected chi connectivity index (χ3v) is 5.34. The van der Waals surface area contributed by atoms with Gasteiger partial charge >= 0.3 is 0 Å².